The number of aliphatic carboxylic acids is 1. The summed E-state index contributed by atoms with van der Waals surface area (Å²) in [5, 5.41) is 11.2. The van der Waals surface area contributed by atoms with Crippen LogP contribution in [0.4, 0.5) is 0 Å². The minimum atomic E-state index is -1.05. The molecule has 1 heterocycles. The lowest BCUT2D eigenvalue weighted by molar-refractivity contribution is -0.139. The van der Waals surface area contributed by atoms with Crippen molar-refractivity contribution in [2.45, 2.75) is 19.4 Å². The average Bonchev–Trinajstić information content (AvgIpc) is 2.25. The number of carboxylic acid groups (broad SMARTS) is 1. The van der Waals surface area contributed by atoms with Crippen molar-refractivity contribution in [3.8, 4) is 0 Å². The molecule has 1 atom stereocenters. The van der Waals surface area contributed by atoms with E-state index >= 15 is 0 Å². The summed E-state index contributed by atoms with van der Waals surface area (Å²) in [4.78, 5) is 26.3. The van der Waals surface area contributed by atoms with E-state index in [-0.39, 0.29) is 5.69 Å². The molecule has 0 aliphatic rings. The number of hydrogen-bond donors (Lipinski definition) is 2. The predicted molar refractivity (Wildman–Crippen MR) is 61.1 cm³/mol. The van der Waals surface area contributed by atoms with Gasteiger partial charge in [0.1, 0.15) is 11.7 Å². The Morgan fingerprint density at radius 2 is 2.31 bits per heavy atom. The molecular formula is C10H11BrN2O3. The monoisotopic (exact) mass is 286 g/mol. The van der Waals surface area contributed by atoms with Gasteiger partial charge in [0.15, 0.2) is 0 Å². The van der Waals surface area contributed by atoms with Crippen LogP contribution >= 0.6 is 15.9 Å². The van der Waals surface area contributed by atoms with Gasteiger partial charge >= 0.3 is 5.97 Å². The minimum Gasteiger partial charge on any atom is -0.480 e. The lowest BCUT2D eigenvalue weighted by Crippen LogP contribution is -2.40. The number of hydrogen-bond acceptors (Lipinski definition) is 3. The Morgan fingerprint density at radius 1 is 1.62 bits per heavy atom. The third-order valence-corrected chi connectivity index (χ3v) is 2.63. The van der Waals surface area contributed by atoms with Gasteiger partial charge < -0.3 is 10.4 Å². The molecule has 0 aliphatic carbocycles. The normalized spacial score (nSPS) is 11.9. The molecule has 2 N–H and O–H groups in total. The van der Waals surface area contributed by atoms with Crippen LogP contribution in [0, 0.1) is 0 Å². The third-order valence-electron chi connectivity index (χ3n) is 1.99. The maximum absolute atomic E-state index is 11.7. The summed E-state index contributed by atoms with van der Waals surface area (Å²) >= 11 is 3.17. The van der Waals surface area contributed by atoms with Crippen LogP contribution in [0.5, 0.6) is 0 Å². The van der Waals surface area contributed by atoms with E-state index in [0.29, 0.717) is 10.9 Å². The number of nitrogens with zero attached hydrogens (tertiary/aromatic N) is 1. The van der Waals surface area contributed by atoms with Gasteiger partial charge in [0.2, 0.25) is 0 Å². The van der Waals surface area contributed by atoms with Gasteiger partial charge in [-0.15, -0.1) is 0 Å². The first kappa shape index (κ1) is 12.6. The molecule has 16 heavy (non-hydrogen) atoms. The van der Waals surface area contributed by atoms with Crippen LogP contribution in [0.2, 0.25) is 0 Å². The number of pyridine rings is 1. The number of carboxylic acids is 1. The fraction of sp³-hybridized carbons (Fsp3) is 0.300. The lowest BCUT2D eigenvalue weighted by atomic mass is 10.2. The minimum absolute atomic E-state index is 0.183. The second kappa shape index (κ2) is 5.60. The molecule has 5 nitrogen and oxygen atoms in total. The summed E-state index contributed by atoms with van der Waals surface area (Å²) in [5.41, 5.74) is 0.183. The van der Waals surface area contributed by atoms with Crippen molar-refractivity contribution in [2.75, 3.05) is 0 Å². The highest BCUT2D eigenvalue weighted by atomic mass is 79.9. The molecule has 0 saturated carbocycles. The van der Waals surface area contributed by atoms with Crippen LogP contribution in [0.25, 0.3) is 0 Å². The molecule has 0 aliphatic heterocycles. The zero-order chi connectivity index (χ0) is 12.1. The zero-order valence-corrected chi connectivity index (χ0v) is 10.2. The number of carbonyl (C=O) groups excluding carboxylic acids is 1. The maximum Gasteiger partial charge on any atom is 0.326 e. The first-order valence-corrected chi connectivity index (χ1v) is 5.49. The summed E-state index contributed by atoms with van der Waals surface area (Å²) in [6.07, 6.45) is 1.80. The Hall–Kier alpha value is -1.43. The van der Waals surface area contributed by atoms with Gasteiger partial charge in [0.25, 0.3) is 5.91 Å². The van der Waals surface area contributed by atoms with Crippen molar-refractivity contribution in [1.82, 2.24) is 10.3 Å². The van der Waals surface area contributed by atoms with Crippen molar-refractivity contribution in [3.63, 3.8) is 0 Å². The molecule has 86 valence electrons. The molecule has 0 unspecified atom stereocenters. The molecule has 1 aromatic heterocycles. The quantitative estimate of drug-likeness (QED) is 0.878. The van der Waals surface area contributed by atoms with E-state index in [1.807, 2.05) is 0 Å². The van der Waals surface area contributed by atoms with Crippen molar-refractivity contribution in [2.24, 2.45) is 0 Å². The van der Waals surface area contributed by atoms with Gasteiger partial charge in [0.05, 0.1) is 0 Å². The summed E-state index contributed by atoms with van der Waals surface area (Å²) in [5.74, 6) is -1.55. The molecule has 0 radical (unpaired) electrons. The van der Waals surface area contributed by atoms with Gasteiger partial charge in [-0.25, -0.2) is 9.78 Å². The summed E-state index contributed by atoms with van der Waals surface area (Å²) in [6, 6.07) is 2.46. The van der Waals surface area contributed by atoms with Crippen molar-refractivity contribution in [1.29, 1.82) is 0 Å². The molecule has 0 fully saturated rings. The van der Waals surface area contributed by atoms with Crippen molar-refractivity contribution < 1.29 is 14.7 Å². The van der Waals surface area contributed by atoms with E-state index in [1.165, 1.54) is 6.20 Å². The van der Waals surface area contributed by atoms with E-state index in [2.05, 4.69) is 26.2 Å². The lowest BCUT2D eigenvalue weighted by Gasteiger charge is -2.12. The molecule has 0 spiro atoms. The summed E-state index contributed by atoms with van der Waals surface area (Å²) in [6.45, 7) is 1.69. The summed E-state index contributed by atoms with van der Waals surface area (Å²) in [7, 11) is 0. The number of rotatable bonds is 4. The highest BCUT2D eigenvalue weighted by Crippen LogP contribution is 2.13. The smallest absolute Gasteiger partial charge is 0.326 e. The zero-order valence-electron chi connectivity index (χ0n) is 8.61. The van der Waals surface area contributed by atoms with E-state index < -0.39 is 17.9 Å². The average molecular weight is 287 g/mol. The number of aromatic nitrogens is 1. The number of carbonyl (C=O) groups is 2. The molecule has 1 aromatic rings. The van der Waals surface area contributed by atoms with E-state index in [0.717, 1.165) is 0 Å². The molecule has 1 amide bonds. The van der Waals surface area contributed by atoms with E-state index in [1.54, 1.807) is 19.1 Å². The van der Waals surface area contributed by atoms with Crippen molar-refractivity contribution >= 4 is 27.8 Å². The number of nitrogens with one attached hydrogen (secondary N) is 1. The second-order valence-electron chi connectivity index (χ2n) is 3.11. The number of halogens is 1. The van der Waals surface area contributed by atoms with Gasteiger partial charge in [-0.2, -0.15) is 0 Å². The van der Waals surface area contributed by atoms with Crippen LogP contribution in [0.3, 0.4) is 0 Å². The fourth-order valence-corrected chi connectivity index (χ4v) is 1.55. The number of amides is 1. The topological polar surface area (TPSA) is 79.3 Å². The van der Waals surface area contributed by atoms with Gasteiger partial charge in [-0.3, -0.25) is 4.79 Å². The standard InChI is InChI=1S/C10H11BrN2O3/c1-2-7(10(15)16)13-9(14)8-6(11)4-3-5-12-8/h3-5,7H,2H2,1H3,(H,13,14)(H,15,16)/t7-/m1/s1. The molecule has 0 aromatic carbocycles. The Labute approximate surface area is 101 Å². The first-order chi connectivity index (χ1) is 7.56. The largest absolute Gasteiger partial charge is 0.480 e. The van der Waals surface area contributed by atoms with Gasteiger partial charge in [-0.1, -0.05) is 6.92 Å². The fourth-order valence-electron chi connectivity index (χ4n) is 1.12. The van der Waals surface area contributed by atoms with Crippen LogP contribution in [0.15, 0.2) is 22.8 Å². The van der Waals surface area contributed by atoms with E-state index in [9.17, 15) is 9.59 Å². The van der Waals surface area contributed by atoms with Crippen LogP contribution in [-0.4, -0.2) is 28.0 Å². The summed E-state index contributed by atoms with van der Waals surface area (Å²) < 4.78 is 0.535. The van der Waals surface area contributed by atoms with Crippen molar-refractivity contribution in [3.05, 3.63) is 28.5 Å². The molecule has 6 heteroatoms. The molecular weight excluding hydrogens is 276 g/mol. The SMILES string of the molecule is CC[C@@H](NC(=O)c1ncccc1Br)C(=O)O. The van der Waals surface area contributed by atoms with Crippen LogP contribution in [-0.2, 0) is 4.79 Å². The Bertz CT molecular complexity index is 409. The third kappa shape index (κ3) is 3.03. The molecule has 0 bridgehead atoms. The van der Waals surface area contributed by atoms with Crippen LogP contribution < -0.4 is 5.32 Å². The highest BCUT2D eigenvalue weighted by Gasteiger charge is 2.20. The molecule has 0 saturated heterocycles. The second-order valence-corrected chi connectivity index (χ2v) is 3.96. The maximum atomic E-state index is 11.7. The van der Waals surface area contributed by atoms with Gasteiger partial charge in [0, 0.05) is 10.7 Å². The predicted octanol–water partition coefficient (Wildman–Crippen LogP) is 1.44. The Kier molecular flexibility index (Phi) is 4.42. The first-order valence-electron chi connectivity index (χ1n) is 4.70. The van der Waals surface area contributed by atoms with E-state index in [4.69, 9.17) is 5.11 Å². The highest BCUT2D eigenvalue weighted by molar-refractivity contribution is 9.10. The molecule has 1 rings (SSSR count). The van der Waals surface area contributed by atoms with Crippen LogP contribution in [0.1, 0.15) is 23.8 Å². The Balaban J connectivity index is 2.80. The Morgan fingerprint density at radius 3 is 2.81 bits per heavy atom. The van der Waals surface area contributed by atoms with Gasteiger partial charge in [-0.05, 0) is 34.5 Å².